The van der Waals surface area contributed by atoms with Crippen LogP contribution in [0.1, 0.15) is 31.1 Å². The van der Waals surface area contributed by atoms with Crippen LogP contribution in [0.15, 0.2) is 30.6 Å². The third-order valence-electron chi connectivity index (χ3n) is 2.09. The Hall–Kier alpha value is -1.97. The van der Waals surface area contributed by atoms with Crippen molar-refractivity contribution in [2.24, 2.45) is 0 Å². The van der Waals surface area contributed by atoms with Crippen molar-refractivity contribution < 1.29 is 9.53 Å². The standard InChI is InChI=1S/C13H14N2O2/c1-13(2,3)17-12(16)9-7-11-10(15-8-9)5-4-6-14-11/h4-8H,1-3H3. The van der Waals surface area contributed by atoms with Crippen molar-refractivity contribution in [3.63, 3.8) is 0 Å². The summed E-state index contributed by atoms with van der Waals surface area (Å²) in [6.45, 7) is 5.49. The molecule has 0 aliphatic carbocycles. The van der Waals surface area contributed by atoms with Gasteiger partial charge in [-0.05, 0) is 39.0 Å². The normalized spacial score (nSPS) is 11.5. The molecule has 2 rings (SSSR count). The fourth-order valence-electron chi connectivity index (χ4n) is 1.40. The number of fused-ring (bicyclic) bond motifs is 1. The molecule has 0 atom stereocenters. The van der Waals surface area contributed by atoms with Crippen molar-refractivity contribution in [3.05, 3.63) is 36.2 Å². The average molecular weight is 230 g/mol. The van der Waals surface area contributed by atoms with Gasteiger partial charge in [-0.25, -0.2) is 4.79 Å². The summed E-state index contributed by atoms with van der Waals surface area (Å²) in [5.41, 5.74) is 1.37. The second kappa shape index (κ2) is 4.13. The Bertz CT molecular complexity index is 559. The summed E-state index contributed by atoms with van der Waals surface area (Å²) in [7, 11) is 0. The molecule has 0 bridgehead atoms. The number of nitrogens with zero attached hydrogens (tertiary/aromatic N) is 2. The summed E-state index contributed by atoms with van der Waals surface area (Å²) in [6.07, 6.45) is 3.18. The molecule has 0 aromatic carbocycles. The molecular formula is C13H14N2O2. The van der Waals surface area contributed by atoms with E-state index < -0.39 is 5.60 Å². The van der Waals surface area contributed by atoms with Crippen molar-refractivity contribution in [3.8, 4) is 0 Å². The summed E-state index contributed by atoms with van der Waals surface area (Å²) in [4.78, 5) is 20.1. The minimum atomic E-state index is -0.504. The highest BCUT2D eigenvalue weighted by molar-refractivity contribution is 5.92. The molecule has 2 aromatic rings. The molecule has 2 heterocycles. The Morgan fingerprint density at radius 1 is 1.24 bits per heavy atom. The zero-order chi connectivity index (χ0) is 12.5. The molecule has 0 saturated heterocycles. The number of hydrogen-bond acceptors (Lipinski definition) is 4. The number of rotatable bonds is 1. The van der Waals surface area contributed by atoms with Crippen molar-refractivity contribution >= 4 is 17.0 Å². The summed E-state index contributed by atoms with van der Waals surface area (Å²) in [6, 6.07) is 5.35. The van der Waals surface area contributed by atoms with Crippen molar-refractivity contribution in [2.45, 2.75) is 26.4 Å². The van der Waals surface area contributed by atoms with Crippen LogP contribution in [0.4, 0.5) is 0 Å². The molecule has 0 amide bonds. The van der Waals surface area contributed by atoms with Gasteiger partial charge in [0.05, 0.1) is 16.6 Å². The molecule has 17 heavy (non-hydrogen) atoms. The molecule has 4 nitrogen and oxygen atoms in total. The van der Waals surface area contributed by atoms with E-state index in [1.807, 2.05) is 32.9 Å². The van der Waals surface area contributed by atoms with Gasteiger partial charge < -0.3 is 4.74 Å². The van der Waals surface area contributed by atoms with E-state index in [4.69, 9.17) is 4.74 Å². The first-order valence-corrected chi connectivity index (χ1v) is 5.40. The second-order valence-electron chi connectivity index (χ2n) is 4.77. The van der Waals surface area contributed by atoms with Crippen LogP contribution in [0.3, 0.4) is 0 Å². The van der Waals surface area contributed by atoms with Crippen LogP contribution < -0.4 is 0 Å². The van der Waals surface area contributed by atoms with Gasteiger partial charge in [-0.1, -0.05) is 0 Å². The molecule has 0 unspecified atom stereocenters. The Morgan fingerprint density at radius 3 is 2.71 bits per heavy atom. The maximum atomic E-state index is 11.8. The average Bonchev–Trinajstić information content (AvgIpc) is 2.26. The maximum Gasteiger partial charge on any atom is 0.340 e. The summed E-state index contributed by atoms with van der Waals surface area (Å²) >= 11 is 0. The fraction of sp³-hybridized carbons (Fsp3) is 0.308. The Kier molecular flexibility index (Phi) is 2.79. The topological polar surface area (TPSA) is 52.1 Å². The Morgan fingerprint density at radius 2 is 2.00 bits per heavy atom. The quantitative estimate of drug-likeness (QED) is 0.706. The highest BCUT2D eigenvalue weighted by Gasteiger charge is 2.18. The van der Waals surface area contributed by atoms with Crippen molar-refractivity contribution in [1.29, 1.82) is 0 Å². The van der Waals surface area contributed by atoms with Crippen LogP contribution in [-0.2, 0) is 4.74 Å². The SMILES string of the molecule is CC(C)(C)OC(=O)c1cnc2cccnc2c1. The first-order valence-electron chi connectivity index (χ1n) is 5.40. The number of hydrogen-bond donors (Lipinski definition) is 0. The van der Waals surface area contributed by atoms with Gasteiger partial charge in [-0.15, -0.1) is 0 Å². The maximum absolute atomic E-state index is 11.8. The largest absolute Gasteiger partial charge is 0.456 e. The second-order valence-corrected chi connectivity index (χ2v) is 4.77. The molecule has 0 aliphatic rings. The van der Waals surface area contributed by atoms with E-state index in [0.717, 1.165) is 5.52 Å². The summed E-state index contributed by atoms with van der Waals surface area (Å²) < 4.78 is 5.27. The minimum Gasteiger partial charge on any atom is -0.456 e. The molecule has 88 valence electrons. The number of esters is 1. The van der Waals surface area contributed by atoms with Crippen LogP contribution in [0.5, 0.6) is 0 Å². The zero-order valence-corrected chi connectivity index (χ0v) is 10.1. The van der Waals surface area contributed by atoms with E-state index in [2.05, 4.69) is 9.97 Å². The minimum absolute atomic E-state index is 0.377. The van der Waals surface area contributed by atoms with Crippen LogP contribution >= 0.6 is 0 Å². The van der Waals surface area contributed by atoms with Gasteiger partial charge in [0.15, 0.2) is 0 Å². The number of carbonyl (C=O) groups is 1. The van der Waals surface area contributed by atoms with E-state index in [0.29, 0.717) is 11.1 Å². The van der Waals surface area contributed by atoms with E-state index >= 15 is 0 Å². The smallest absolute Gasteiger partial charge is 0.340 e. The van der Waals surface area contributed by atoms with Crippen LogP contribution in [0.25, 0.3) is 11.0 Å². The van der Waals surface area contributed by atoms with Gasteiger partial charge in [-0.2, -0.15) is 0 Å². The van der Waals surface area contributed by atoms with E-state index in [1.54, 1.807) is 12.3 Å². The molecule has 0 aliphatic heterocycles. The summed E-state index contributed by atoms with van der Waals surface area (Å²) in [5, 5.41) is 0. The van der Waals surface area contributed by atoms with Gasteiger partial charge in [0.1, 0.15) is 5.60 Å². The number of aromatic nitrogens is 2. The molecule has 0 saturated carbocycles. The van der Waals surface area contributed by atoms with Gasteiger partial charge in [-0.3, -0.25) is 9.97 Å². The summed E-state index contributed by atoms with van der Waals surface area (Å²) in [5.74, 6) is -0.377. The lowest BCUT2D eigenvalue weighted by atomic mass is 10.2. The lowest BCUT2D eigenvalue weighted by Gasteiger charge is -2.19. The Labute approximate surface area is 99.7 Å². The first-order chi connectivity index (χ1) is 7.96. The van der Waals surface area contributed by atoms with E-state index in [1.165, 1.54) is 6.20 Å². The predicted octanol–water partition coefficient (Wildman–Crippen LogP) is 2.59. The molecule has 2 aromatic heterocycles. The zero-order valence-electron chi connectivity index (χ0n) is 10.1. The third kappa shape index (κ3) is 2.78. The fourth-order valence-corrected chi connectivity index (χ4v) is 1.40. The lowest BCUT2D eigenvalue weighted by molar-refractivity contribution is 0.00693. The van der Waals surface area contributed by atoms with E-state index in [9.17, 15) is 4.79 Å². The van der Waals surface area contributed by atoms with Crippen LogP contribution in [0, 0.1) is 0 Å². The first kappa shape index (κ1) is 11.5. The van der Waals surface area contributed by atoms with Gasteiger partial charge in [0.25, 0.3) is 0 Å². The van der Waals surface area contributed by atoms with Crippen LogP contribution in [-0.4, -0.2) is 21.5 Å². The number of ether oxygens (including phenoxy) is 1. The van der Waals surface area contributed by atoms with Crippen molar-refractivity contribution in [1.82, 2.24) is 9.97 Å². The molecular weight excluding hydrogens is 216 g/mol. The predicted molar refractivity (Wildman–Crippen MR) is 64.7 cm³/mol. The molecule has 0 fully saturated rings. The number of pyridine rings is 2. The highest BCUT2D eigenvalue weighted by Crippen LogP contribution is 2.14. The number of carbonyl (C=O) groups excluding carboxylic acids is 1. The van der Waals surface area contributed by atoms with Crippen LogP contribution in [0.2, 0.25) is 0 Å². The Balaban J connectivity index is 2.33. The monoisotopic (exact) mass is 230 g/mol. The van der Waals surface area contributed by atoms with Gasteiger partial charge >= 0.3 is 5.97 Å². The van der Waals surface area contributed by atoms with E-state index in [-0.39, 0.29) is 5.97 Å². The molecule has 0 spiro atoms. The molecule has 0 radical (unpaired) electrons. The third-order valence-corrected chi connectivity index (χ3v) is 2.09. The van der Waals surface area contributed by atoms with Gasteiger partial charge in [0.2, 0.25) is 0 Å². The van der Waals surface area contributed by atoms with Crippen molar-refractivity contribution in [2.75, 3.05) is 0 Å². The van der Waals surface area contributed by atoms with Gasteiger partial charge in [0, 0.05) is 12.4 Å². The lowest BCUT2D eigenvalue weighted by Crippen LogP contribution is -2.23. The molecule has 4 heteroatoms. The highest BCUT2D eigenvalue weighted by atomic mass is 16.6. The molecule has 0 N–H and O–H groups in total.